The van der Waals surface area contributed by atoms with Crippen LogP contribution >= 0.6 is 0 Å². The number of carbonyl (C=O) groups excluding carboxylic acids is 2. The van der Waals surface area contributed by atoms with Gasteiger partial charge in [0.1, 0.15) is 0 Å². The van der Waals surface area contributed by atoms with E-state index in [1.165, 1.54) is 40.6 Å². The molecule has 38 heavy (non-hydrogen) atoms. The van der Waals surface area contributed by atoms with Gasteiger partial charge in [-0.15, -0.1) is 0 Å². The molecule has 0 bridgehead atoms. The molecule has 0 aromatic heterocycles. The molecule has 0 fully saturated rings. The van der Waals surface area contributed by atoms with E-state index in [0.717, 1.165) is 12.2 Å². The molecule has 0 aliphatic rings. The lowest BCUT2D eigenvalue weighted by Gasteiger charge is -2.19. The standard InChI is InChI=1S/C26H26O12/c1-33-17-9-5-15(13-19(17)35-3)7-11-21(27)37-23(25(29)30)24(26(31)32)38-22(28)12-8-16-6-10-18(34-2)20(14-16)36-4/h5-14,23-24H,1-4H3,(H,29,30)(H,31,32)/b11-7+,12-8+/t23-,24-/m1/s1. The molecular weight excluding hydrogens is 504 g/mol. The second-order valence-electron chi connectivity index (χ2n) is 7.29. The minimum atomic E-state index is -2.33. The van der Waals surface area contributed by atoms with Crippen molar-refractivity contribution in [3.05, 3.63) is 59.7 Å². The van der Waals surface area contributed by atoms with Crippen LogP contribution in [0.2, 0.25) is 0 Å². The molecule has 0 heterocycles. The van der Waals surface area contributed by atoms with Crippen LogP contribution in [0.4, 0.5) is 0 Å². The Labute approximate surface area is 217 Å². The van der Waals surface area contributed by atoms with Crippen molar-refractivity contribution in [3.8, 4) is 23.0 Å². The van der Waals surface area contributed by atoms with E-state index in [1.54, 1.807) is 36.4 Å². The summed E-state index contributed by atoms with van der Waals surface area (Å²) in [5, 5.41) is 18.9. The van der Waals surface area contributed by atoms with Crippen LogP contribution in [0.1, 0.15) is 11.1 Å². The number of aliphatic carboxylic acids is 2. The SMILES string of the molecule is COc1ccc(/C=C/C(=O)O[C@@H](C(=O)O)[C@@H](OC(=O)/C=C/c2ccc(OC)c(OC)c2)C(=O)O)cc1OC. The second-order valence-corrected chi connectivity index (χ2v) is 7.29. The maximum Gasteiger partial charge on any atom is 0.349 e. The van der Waals surface area contributed by atoms with E-state index in [0.29, 0.717) is 34.1 Å². The maximum absolute atomic E-state index is 12.2. The van der Waals surface area contributed by atoms with E-state index < -0.39 is 36.1 Å². The van der Waals surface area contributed by atoms with Crippen LogP contribution in [-0.4, -0.2) is 74.7 Å². The fourth-order valence-electron chi connectivity index (χ4n) is 3.05. The van der Waals surface area contributed by atoms with E-state index in [1.807, 2.05) is 0 Å². The first kappa shape index (κ1) is 29.2. The van der Waals surface area contributed by atoms with Crippen molar-refractivity contribution in [1.82, 2.24) is 0 Å². The van der Waals surface area contributed by atoms with Crippen LogP contribution < -0.4 is 18.9 Å². The average molecular weight is 530 g/mol. The molecule has 2 aromatic rings. The lowest BCUT2D eigenvalue weighted by molar-refractivity contribution is -0.183. The Morgan fingerprint density at radius 1 is 0.605 bits per heavy atom. The zero-order valence-corrected chi connectivity index (χ0v) is 20.9. The van der Waals surface area contributed by atoms with Gasteiger partial charge in [0, 0.05) is 12.2 Å². The minimum Gasteiger partial charge on any atom is -0.493 e. The molecule has 0 unspecified atom stereocenters. The zero-order valence-electron chi connectivity index (χ0n) is 20.9. The Balaban J connectivity index is 2.13. The summed E-state index contributed by atoms with van der Waals surface area (Å²) in [6.07, 6.45) is -0.306. The van der Waals surface area contributed by atoms with Gasteiger partial charge in [0.2, 0.25) is 12.2 Å². The van der Waals surface area contributed by atoms with E-state index in [-0.39, 0.29) is 0 Å². The van der Waals surface area contributed by atoms with Crippen molar-refractivity contribution in [2.45, 2.75) is 12.2 Å². The lowest BCUT2D eigenvalue weighted by Crippen LogP contribution is -2.45. The van der Waals surface area contributed by atoms with Crippen LogP contribution in [0.3, 0.4) is 0 Å². The normalized spacial score (nSPS) is 12.4. The smallest absolute Gasteiger partial charge is 0.349 e. The highest BCUT2D eigenvalue weighted by Crippen LogP contribution is 2.29. The third-order valence-corrected chi connectivity index (χ3v) is 4.89. The number of hydrogen-bond acceptors (Lipinski definition) is 10. The van der Waals surface area contributed by atoms with Crippen molar-refractivity contribution in [2.24, 2.45) is 0 Å². The molecule has 0 radical (unpaired) electrons. The summed E-state index contributed by atoms with van der Waals surface area (Å²) in [6, 6.07) is 9.44. The van der Waals surface area contributed by atoms with Crippen molar-refractivity contribution >= 4 is 36.0 Å². The van der Waals surface area contributed by atoms with Gasteiger partial charge < -0.3 is 38.6 Å². The Kier molecular flexibility index (Phi) is 10.7. The Morgan fingerprint density at radius 3 is 1.24 bits per heavy atom. The van der Waals surface area contributed by atoms with Crippen LogP contribution in [-0.2, 0) is 28.7 Å². The van der Waals surface area contributed by atoms with Gasteiger partial charge in [-0.25, -0.2) is 19.2 Å². The summed E-state index contributed by atoms with van der Waals surface area (Å²) >= 11 is 0. The molecule has 0 amide bonds. The predicted octanol–water partition coefficient (Wildman–Crippen LogP) is 2.44. The van der Waals surface area contributed by atoms with E-state index in [4.69, 9.17) is 28.4 Å². The summed E-state index contributed by atoms with van der Waals surface area (Å²) < 4.78 is 30.1. The summed E-state index contributed by atoms with van der Waals surface area (Å²) in [4.78, 5) is 47.8. The third-order valence-electron chi connectivity index (χ3n) is 4.89. The molecule has 2 atom stereocenters. The Hall–Kier alpha value is -5.00. The monoisotopic (exact) mass is 530 g/mol. The molecule has 0 aliphatic heterocycles. The lowest BCUT2D eigenvalue weighted by atomic mass is 10.1. The molecular formula is C26H26O12. The molecule has 0 spiro atoms. The Morgan fingerprint density at radius 2 is 0.947 bits per heavy atom. The van der Waals surface area contributed by atoms with E-state index in [9.17, 15) is 29.4 Å². The molecule has 0 saturated carbocycles. The molecule has 12 nitrogen and oxygen atoms in total. The quantitative estimate of drug-likeness (QED) is 0.287. The van der Waals surface area contributed by atoms with Gasteiger partial charge in [-0.1, -0.05) is 12.1 Å². The first-order valence-corrected chi connectivity index (χ1v) is 10.8. The largest absolute Gasteiger partial charge is 0.493 e. The van der Waals surface area contributed by atoms with Gasteiger partial charge in [-0.05, 0) is 47.5 Å². The highest BCUT2D eigenvalue weighted by atomic mass is 16.6. The van der Waals surface area contributed by atoms with Gasteiger partial charge >= 0.3 is 23.9 Å². The second kappa shape index (κ2) is 13.9. The van der Waals surface area contributed by atoms with Crippen molar-refractivity contribution < 1.29 is 57.8 Å². The van der Waals surface area contributed by atoms with Crippen LogP contribution in [0.15, 0.2) is 48.6 Å². The van der Waals surface area contributed by atoms with Gasteiger partial charge in [-0.3, -0.25) is 0 Å². The van der Waals surface area contributed by atoms with Gasteiger partial charge in [0.15, 0.2) is 23.0 Å². The first-order valence-electron chi connectivity index (χ1n) is 10.8. The fraction of sp³-hybridized carbons (Fsp3) is 0.231. The number of carbonyl (C=O) groups is 4. The molecule has 2 N–H and O–H groups in total. The summed E-state index contributed by atoms with van der Waals surface area (Å²) in [7, 11) is 5.75. The van der Waals surface area contributed by atoms with Crippen LogP contribution in [0.5, 0.6) is 23.0 Å². The highest BCUT2D eigenvalue weighted by Gasteiger charge is 2.40. The number of hydrogen-bond donors (Lipinski definition) is 2. The predicted molar refractivity (Wildman–Crippen MR) is 132 cm³/mol. The van der Waals surface area contributed by atoms with E-state index in [2.05, 4.69) is 0 Å². The van der Waals surface area contributed by atoms with Crippen LogP contribution in [0, 0.1) is 0 Å². The molecule has 12 heteroatoms. The number of ether oxygens (including phenoxy) is 6. The number of methoxy groups -OCH3 is 4. The first-order chi connectivity index (χ1) is 18.1. The maximum atomic E-state index is 12.2. The van der Waals surface area contributed by atoms with Gasteiger partial charge in [0.25, 0.3) is 0 Å². The Bertz CT molecular complexity index is 1140. The summed E-state index contributed by atoms with van der Waals surface area (Å²) in [6.45, 7) is 0. The van der Waals surface area contributed by atoms with Crippen molar-refractivity contribution in [2.75, 3.05) is 28.4 Å². The number of carboxylic acids is 2. The average Bonchev–Trinajstić information content (AvgIpc) is 2.91. The topological polar surface area (TPSA) is 164 Å². The fourth-order valence-corrected chi connectivity index (χ4v) is 3.05. The van der Waals surface area contributed by atoms with Crippen molar-refractivity contribution in [1.29, 1.82) is 0 Å². The minimum absolute atomic E-state index is 0.380. The summed E-state index contributed by atoms with van der Waals surface area (Å²) in [5.74, 6) is -4.38. The number of rotatable bonds is 13. The number of esters is 2. The third kappa shape index (κ3) is 8.01. The summed E-state index contributed by atoms with van der Waals surface area (Å²) in [5.41, 5.74) is 0.959. The van der Waals surface area contributed by atoms with Gasteiger partial charge in [0.05, 0.1) is 28.4 Å². The molecule has 0 aliphatic carbocycles. The molecule has 2 aromatic carbocycles. The number of carboxylic acid groups (broad SMARTS) is 2. The zero-order chi connectivity index (χ0) is 28.2. The number of benzene rings is 2. The van der Waals surface area contributed by atoms with Crippen molar-refractivity contribution in [3.63, 3.8) is 0 Å². The van der Waals surface area contributed by atoms with Crippen LogP contribution in [0.25, 0.3) is 12.2 Å². The van der Waals surface area contributed by atoms with E-state index >= 15 is 0 Å². The molecule has 202 valence electrons. The highest BCUT2D eigenvalue weighted by molar-refractivity contribution is 5.93. The molecule has 2 rings (SSSR count). The molecule has 0 saturated heterocycles. The van der Waals surface area contributed by atoms with Gasteiger partial charge in [-0.2, -0.15) is 0 Å².